The second kappa shape index (κ2) is 6.71. The molecule has 0 spiro atoms. The second-order valence-corrected chi connectivity index (χ2v) is 5.75. The third-order valence-corrected chi connectivity index (χ3v) is 4.17. The maximum Gasteiger partial charge on any atom is 0.226 e. The Kier molecular flexibility index (Phi) is 4.49. The molecule has 1 amide bonds. The van der Waals surface area contributed by atoms with E-state index in [0.29, 0.717) is 19.6 Å². The SMILES string of the molecule is NCCN(Cc1ccccc1)C(=O)C1Cc2cccnc2C1. The first-order chi connectivity index (χ1) is 10.8. The summed E-state index contributed by atoms with van der Waals surface area (Å²) in [6.45, 7) is 1.70. The molecule has 0 bridgehead atoms. The highest BCUT2D eigenvalue weighted by Crippen LogP contribution is 2.26. The van der Waals surface area contributed by atoms with Crippen LogP contribution in [0.2, 0.25) is 0 Å². The molecule has 1 aromatic heterocycles. The van der Waals surface area contributed by atoms with Crippen molar-refractivity contribution in [3.8, 4) is 0 Å². The molecule has 1 unspecified atom stereocenters. The van der Waals surface area contributed by atoms with Gasteiger partial charge in [0.2, 0.25) is 5.91 Å². The van der Waals surface area contributed by atoms with Gasteiger partial charge in [0.15, 0.2) is 0 Å². The highest BCUT2D eigenvalue weighted by atomic mass is 16.2. The molecule has 1 atom stereocenters. The number of rotatable bonds is 5. The van der Waals surface area contributed by atoms with E-state index in [-0.39, 0.29) is 11.8 Å². The summed E-state index contributed by atoms with van der Waals surface area (Å²) in [5.74, 6) is 0.187. The van der Waals surface area contributed by atoms with Gasteiger partial charge in [0, 0.05) is 43.9 Å². The molecule has 0 saturated carbocycles. The molecule has 4 heteroatoms. The number of hydrogen-bond donors (Lipinski definition) is 1. The Morgan fingerprint density at radius 3 is 2.73 bits per heavy atom. The summed E-state index contributed by atoms with van der Waals surface area (Å²) in [6.07, 6.45) is 3.33. The van der Waals surface area contributed by atoms with Crippen LogP contribution in [0, 0.1) is 5.92 Å². The van der Waals surface area contributed by atoms with Crippen molar-refractivity contribution >= 4 is 5.91 Å². The molecule has 2 aromatic rings. The molecule has 22 heavy (non-hydrogen) atoms. The molecule has 2 N–H and O–H groups in total. The zero-order valence-corrected chi connectivity index (χ0v) is 12.6. The number of fused-ring (bicyclic) bond motifs is 1. The first kappa shape index (κ1) is 14.7. The van der Waals surface area contributed by atoms with Crippen molar-refractivity contribution in [2.75, 3.05) is 13.1 Å². The minimum Gasteiger partial charge on any atom is -0.337 e. The quantitative estimate of drug-likeness (QED) is 0.915. The molecule has 0 aliphatic heterocycles. The third kappa shape index (κ3) is 3.17. The van der Waals surface area contributed by atoms with Crippen LogP contribution in [0.5, 0.6) is 0 Å². The summed E-state index contributed by atoms with van der Waals surface area (Å²) < 4.78 is 0. The Morgan fingerprint density at radius 1 is 1.18 bits per heavy atom. The molecule has 1 aliphatic rings. The summed E-state index contributed by atoms with van der Waals surface area (Å²) in [5.41, 5.74) is 9.10. The minimum atomic E-state index is 0.000150. The van der Waals surface area contributed by atoms with Crippen molar-refractivity contribution in [2.24, 2.45) is 11.7 Å². The van der Waals surface area contributed by atoms with Gasteiger partial charge in [-0.15, -0.1) is 0 Å². The Hall–Kier alpha value is -2.20. The molecule has 0 saturated heterocycles. The van der Waals surface area contributed by atoms with Crippen molar-refractivity contribution in [3.05, 3.63) is 65.5 Å². The summed E-state index contributed by atoms with van der Waals surface area (Å²) in [5, 5.41) is 0. The van der Waals surface area contributed by atoms with Crippen molar-refractivity contribution < 1.29 is 4.79 Å². The van der Waals surface area contributed by atoms with E-state index in [1.807, 2.05) is 41.3 Å². The predicted molar refractivity (Wildman–Crippen MR) is 86.0 cm³/mol. The van der Waals surface area contributed by atoms with E-state index in [1.165, 1.54) is 5.56 Å². The molecule has 4 nitrogen and oxygen atoms in total. The van der Waals surface area contributed by atoms with Crippen LogP contribution in [0.15, 0.2) is 48.7 Å². The van der Waals surface area contributed by atoms with Crippen LogP contribution in [-0.2, 0) is 24.2 Å². The molecule has 0 radical (unpaired) electrons. The predicted octanol–water partition coefficient (Wildman–Crippen LogP) is 1.78. The van der Waals surface area contributed by atoms with E-state index < -0.39 is 0 Å². The largest absolute Gasteiger partial charge is 0.337 e. The van der Waals surface area contributed by atoms with Crippen LogP contribution in [0.3, 0.4) is 0 Å². The lowest BCUT2D eigenvalue weighted by atomic mass is 10.0. The normalized spacial score (nSPS) is 16.3. The maximum atomic E-state index is 12.9. The molecule has 1 heterocycles. The number of carbonyl (C=O) groups excluding carboxylic acids is 1. The first-order valence-electron chi connectivity index (χ1n) is 7.73. The Bertz CT molecular complexity index is 617. The number of aromatic nitrogens is 1. The molecule has 1 aromatic carbocycles. The van der Waals surface area contributed by atoms with Gasteiger partial charge in [-0.3, -0.25) is 9.78 Å². The zero-order valence-electron chi connectivity index (χ0n) is 12.6. The second-order valence-electron chi connectivity index (χ2n) is 5.75. The number of nitrogens with zero attached hydrogens (tertiary/aromatic N) is 2. The lowest BCUT2D eigenvalue weighted by Gasteiger charge is -2.25. The van der Waals surface area contributed by atoms with E-state index in [0.717, 1.165) is 24.1 Å². The van der Waals surface area contributed by atoms with Gasteiger partial charge < -0.3 is 10.6 Å². The molecular weight excluding hydrogens is 274 g/mol. The number of benzene rings is 1. The van der Waals surface area contributed by atoms with Crippen molar-refractivity contribution in [1.29, 1.82) is 0 Å². The lowest BCUT2D eigenvalue weighted by molar-refractivity contribution is -0.135. The fraction of sp³-hybridized carbons (Fsp3) is 0.333. The van der Waals surface area contributed by atoms with Crippen molar-refractivity contribution in [3.63, 3.8) is 0 Å². The number of hydrogen-bond acceptors (Lipinski definition) is 3. The molecule has 114 valence electrons. The van der Waals surface area contributed by atoms with Gasteiger partial charge in [0.05, 0.1) is 0 Å². The lowest BCUT2D eigenvalue weighted by Crippen LogP contribution is -2.39. The smallest absolute Gasteiger partial charge is 0.226 e. The number of pyridine rings is 1. The van der Waals surface area contributed by atoms with Crippen LogP contribution >= 0.6 is 0 Å². The van der Waals surface area contributed by atoms with Crippen LogP contribution in [0.25, 0.3) is 0 Å². The standard InChI is InChI=1S/C18H21N3O/c19-8-10-21(13-14-5-2-1-3-6-14)18(22)16-11-15-7-4-9-20-17(15)12-16/h1-7,9,16H,8,10-13,19H2. The van der Waals surface area contributed by atoms with E-state index in [2.05, 4.69) is 11.1 Å². The third-order valence-electron chi connectivity index (χ3n) is 4.17. The monoisotopic (exact) mass is 295 g/mol. The van der Waals surface area contributed by atoms with Gasteiger partial charge >= 0.3 is 0 Å². The summed E-state index contributed by atoms with van der Waals surface area (Å²) in [4.78, 5) is 19.1. The van der Waals surface area contributed by atoms with Crippen LogP contribution < -0.4 is 5.73 Å². The van der Waals surface area contributed by atoms with E-state index in [1.54, 1.807) is 6.20 Å². The topological polar surface area (TPSA) is 59.2 Å². The summed E-state index contributed by atoms with van der Waals surface area (Å²) >= 11 is 0. The van der Waals surface area contributed by atoms with E-state index >= 15 is 0 Å². The minimum absolute atomic E-state index is 0.000150. The number of nitrogens with two attached hydrogens (primary N) is 1. The summed E-state index contributed by atoms with van der Waals surface area (Å²) in [7, 11) is 0. The van der Waals surface area contributed by atoms with E-state index in [9.17, 15) is 4.79 Å². The average Bonchev–Trinajstić information content (AvgIpc) is 2.99. The zero-order chi connectivity index (χ0) is 15.4. The number of amides is 1. The van der Waals surface area contributed by atoms with Gasteiger partial charge in [-0.2, -0.15) is 0 Å². The fourth-order valence-electron chi connectivity index (χ4n) is 3.07. The Labute approximate surface area is 131 Å². The molecule has 1 aliphatic carbocycles. The van der Waals surface area contributed by atoms with Gasteiger partial charge in [0.25, 0.3) is 0 Å². The molecule has 3 rings (SSSR count). The van der Waals surface area contributed by atoms with Crippen molar-refractivity contribution in [1.82, 2.24) is 9.88 Å². The van der Waals surface area contributed by atoms with Crippen LogP contribution in [0.1, 0.15) is 16.8 Å². The summed E-state index contributed by atoms with van der Waals surface area (Å²) in [6, 6.07) is 14.1. The van der Waals surface area contributed by atoms with E-state index in [4.69, 9.17) is 5.73 Å². The Morgan fingerprint density at radius 2 is 2.00 bits per heavy atom. The van der Waals surface area contributed by atoms with Gasteiger partial charge in [-0.05, 0) is 23.6 Å². The molecular formula is C18H21N3O. The van der Waals surface area contributed by atoms with Crippen LogP contribution in [0.4, 0.5) is 0 Å². The Balaban J connectivity index is 1.71. The van der Waals surface area contributed by atoms with Crippen molar-refractivity contribution in [2.45, 2.75) is 19.4 Å². The average molecular weight is 295 g/mol. The van der Waals surface area contributed by atoms with Gasteiger partial charge in [-0.1, -0.05) is 36.4 Å². The van der Waals surface area contributed by atoms with Gasteiger partial charge in [-0.25, -0.2) is 0 Å². The fourth-order valence-corrected chi connectivity index (χ4v) is 3.07. The number of carbonyl (C=O) groups is 1. The van der Waals surface area contributed by atoms with Gasteiger partial charge in [0.1, 0.15) is 0 Å². The van der Waals surface area contributed by atoms with Crippen LogP contribution in [-0.4, -0.2) is 28.9 Å². The highest BCUT2D eigenvalue weighted by Gasteiger charge is 2.31. The highest BCUT2D eigenvalue weighted by molar-refractivity contribution is 5.80. The molecule has 0 fully saturated rings. The first-order valence-corrected chi connectivity index (χ1v) is 7.73. The maximum absolute atomic E-state index is 12.9.